The molecule has 2 aromatic rings. The summed E-state index contributed by atoms with van der Waals surface area (Å²) in [6, 6.07) is 14.8. The van der Waals surface area contributed by atoms with Crippen LogP contribution in [0.5, 0.6) is 0 Å². The fourth-order valence-corrected chi connectivity index (χ4v) is 2.97. The number of halogens is 1. The number of nitrogens with zero attached hydrogens (tertiary/aromatic N) is 3. The first kappa shape index (κ1) is 12.7. The minimum Gasteiger partial charge on any atom is -0.207 e. The Balaban J connectivity index is 2.04. The Hall–Kier alpha value is -2.32. The van der Waals surface area contributed by atoms with Gasteiger partial charge < -0.3 is 0 Å². The minimum atomic E-state index is -0.232. The Labute approximate surface area is 116 Å². The number of hydrogen-bond acceptors (Lipinski definition) is 1. The summed E-state index contributed by atoms with van der Waals surface area (Å²) >= 11 is 0. The molecular weight excluding hydrogens is 253 g/mol. The SMILES string of the molecule is [N-]=[N+]=N[C@@H]1Cc2ccccc2[C@@H](c2ccc(F)cc2)C1. The number of rotatable bonds is 2. The Kier molecular flexibility index (Phi) is 3.40. The molecule has 0 aliphatic heterocycles. The van der Waals surface area contributed by atoms with E-state index in [0.29, 0.717) is 0 Å². The second-order valence-electron chi connectivity index (χ2n) is 5.10. The van der Waals surface area contributed by atoms with Gasteiger partial charge in [0.2, 0.25) is 0 Å². The number of fused-ring (bicyclic) bond motifs is 1. The topological polar surface area (TPSA) is 48.8 Å². The van der Waals surface area contributed by atoms with E-state index in [0.717, 1.165) is 18.4 Å². The van der Waals surface area contributed by atoms with Crippen LogP contribution in [0.2, 0.25) is 0 Å². The van der Waals surface area contributed by atoms with Gasteiger partial charge in [-0.05, 0) is 47.2 Å². The summed E-state index contributed by atoms with van der Waals surface area (Å²) < 4.78 is 13.1. The van der Waals surface area contributed by atoms with Crippen molar-refractivity contribution in [2.75, 3.05) is 0 Å². The summed E-state index contributed by atoms with van der Waals surface area (Å²) in [6.45, 7) is 0. The molecule has 1 aliphatic rings. The van der Waals surface area contributed by atoms with E-state index in [1.807, 2.05) is 24.3 Å². The molecule has 0 saturated heterocycles. The average molecular weight is 267 g/mol. The van der Waals surface area contributed by atoms with E-state index in [1.165, 1.54) is 23.3 Å². The van der Waals surface area contributed by atoms with Crippen molar-refractivity contribution in [1.82, 2.24) is 0 Å². The summed E-state index contributed by atoms with van der Waals surface area (Å²) in [4.78, 5) is 2.94. The summed E-state index contributed by atoms with van der Waals surface area (Å²) in [5.74, 6) is -0.0690. The van der Waals surface area contributed by atoms with Crippen LogP contribution in [0, 0.1) is 5.82 Å². The lowest BCUT2D eigenvalue weighted by Crippen LogP contribution is -2.21. The molecule has 0 heterocycles. The van der Waals surface area contributed by atoms with Crippen molar-refractivity contribution in [3.8, 4) is 0 Å². The van der Waals surface area contributed by atoms with Crippen LogP contribution in [0.25, 0.3) is 10.4 Å². The fraction of sp³-hybridized carbons (Fsp3) is 0.250. The van der Waals surface area contributed by atoms with Crippen molar-refractivity contribution in [3.05, 3.63) is 81.5 Å². The van der Waals surface area contributed by atoms with Crippen molar-refractivity contribution in [3.63, 3.8) is 0 Å². The van der Waals surface area contributed by atoms with Crippen molar-refractivity contribution in [2.45, 2.75) is 24.8 Å². The highest BCUT2D eigenvalue weighted by atomic mass is 19.1. The van der Waals surface area contributed by atoms with E-state index < -0.39 is 0 Å². The Morgan fingerprint density at radius 2 is 1.85 bits per heavy atom. The van der Waals surface area contributed by atoms with Crippen LogP contribution in [-0.2, 0) is 6.42 Å². The third-order valence-corrected chi connectivity index (χ3v) is 3.88. The first-order chi connectivity index (χ1) is 9.78. The number of hydrogen-bond donors (Lipinski definition) is 0. The van der Waals surface area contributed by atoms with Crippen molar-refractivity contribution >= 4 is 0 Å². The monoisotopic (exact) mass is 267 g/mol. The maximum atomic E-state index is 13.1. The molecule has 3 nitrogen and oxygen atoms in total. The number of benzene rings is 2. The summed E-state index contributed by atoms with van der Waals surface area (Å²) in [6.07, 6.45) is 1.55. The molecule has 4 heteroatoms. The van der Waals surface area contributed by atoms with Gasteiger partial charge in [0.1, 0.15) is 5.82 Å². The van der Waals surface area contributed by atoms with E-state index >= 15 is 0 Å². The van der Waals surface area contributed by atoms with Gasteiger partial charge in [0, 0.05) is 16.9 Å². The number of azide groups is 1. The molecule has 1 aliphatic carbocycles. The average Bonchev–Trinajstić information content (AvgIpc) is 2.48. The van der Waals surface area contributed by atoms with Gasteiger partial charge in [-0.3, -0.25) is 0 Å². The predicted octanol–water partition coefficient (Wildman–Crippen LogP) is 4.58. The highest BCUT2D eigenvalue weighted by molar-refractivity contribution is 5.41. The smallest absolute Gasteiger partial charge is 0.123 e. The second-order valence-corrected chi connectivity index (χ2v) is 5.10. The van der Waals surface area contributed by atoms with E-state index in [4.69, 9.17) is 5.53 Å². The van der Waals surface area contributed by atoms with Crippen LogP contribution in [0.1, 0.15) is 29.0 Å². The second kappa shape index (κ2) is 5.35. The molecule has 0 bridgehead atoms. The molecule has 0 saturated carbocycles. The quantitative estimate of drug-likeness (QED) is 0.434. The van der Waals surface area contributed by atoms with E-state index in [2.05, 4.69) is 22.2 Å². The molecule has 2 atom stereocenters. The van der Waals surface area contributed by atoms with Gasteiger partial charge in [-0.1, -0.05) is 41.5 Å². The van der Waals surface area contributed by atoms with Gasteiger partial charge in [-0.15, -0.1) is 0 Å². The maximum Gasteiger partial charge on any atom is 0.123 e. The zero-order valence-electron chi connectivity index (χ0n) is 10.9. The van der Waals surface area contributed by atoms with Crippen molar-refractivity contribution in [1.29, 1.82) is 0 Å². The molecule has 0 radical (unpaired) electrons. The zero-order valence-corrected chi connectivity index (χ0v) is 10.9. The highest BCUT2D eigenvalue weighted by Crippen LogP contribution is 2.37. The standard InChI is InChI=1S/C16H14FN3/c17-13-7-5-11(6-8-13)16-10-14(19-20-18)9-12-3-1-2-4-15(12)16/h1-8,14,16H,9-10H2/t14-,16-/m1/s1. The molecule has 100 valence electrons. The van der Waals surface area contributed by atoms with E-state index in [-0.39, 0.29) is 17.8 Å². The lowest BCUT2D eigenvalue weighted by atomic mass is 9.77. The fourth-order valence-electron chi connectivity index (χ4n) is 2.97. The summed E-state index contributed by atoms with van der Waals surface area (Å²) in [7, 11) is 0. The molecule has 20 heavy (non-hydrogen) atoms. The molecule has 0 amide bonds. The lowest BCUT2D eigenvalue weighted by Gasteiger charge is -2.29. The van der Waals surface area contributed by atoms with Crippen molar-refractivity contribution in [2.24, 2.45) is 5.11 Å². The third kappa shape index (κ3) is 2.38. The van der Waals surface area contributed by atoms with Gasteiger partial charge >= 0.3 is 0 Å². The van der Waals surface area contributed by atoms with Gasteiger partial charge in [0.15, 0.2) is 0 Å². The first-order valence-electron chi connectivity index (χ1n) is 6.65. The third-order valence-electron chi connectivity index (χ3n) is 3.88. The highest BCUT2D eigenvalue weighted by Gasteiger charge is 2.27. The molecule has 0 N–H and O–H groups in total. The largest absolute Gasteiger partial charge is 0.207 e. The Morgan fingerprint density at radius 1 is 1.10 bits per heavy atom. The van der Waals surface area contributed by atoms with Gasteiger partial charge in [-0.25, -0.2) is 4.39 Å². The van der Waals surface area contributed by atoms with Crippen LogP contribution in [0.4, 0.5) is 4.39 Å². The van der Waals surface area contributed by atoms with Crippen LogP contribution in [0.15, 0.2) is 53.6 Å². The van der Waals surface area contributed by atoms with Crippen LogP contribution in [0.3, 0.4) is 0 Å². The van der Waals surface area contributed by atoms with Crippen LogP contribution < -0.4 is 0 Å². The van der Waals surface area contributed by atoms with Crippen LogP contribution >= 0.6 is 0 Å². The molecule has 0 spiro atoms. The molecular formula is C16H14FN3. The summed E-state index contributed by atoms with van der Waals surface area (Å²) in [5.41, 5.74) is 12.2. The normalized spacial score (nSPS) is 20.9. The minimum absolute atomic E-state index is 0.0371. The van der Waals surface area contributed by atoms with Gasteiger partial charge in [0.25, 0.3) is 0 Å². The van der Waals surface area contributed by atoms with Crippen molar-refractivity contribution < 1.29 is 4.39 Å². The van der Waals surface area contributed by atoms with E-state index in [1.54, 1.807) is 0 Å². The lowest BCUT2D eigenvalue weighted by molar-refractivity contribution is 0.528. The molecule has 0 unspecified atom stereocenters. The first-order valence-corrected chi connectivity index (χ1v) is 6.65. The molecule has 0 fully saturated rings. The maximum absolute atomic E-state index is 13.1. The van der Waals surface area contributed by atoms with Gasteiger partial charge in [0.05, 0.1) is 0 Å². The molecule has 2 aromatic carbocycles. The molecule has 0 aromatic heterocycles. The zero-order chi connectivity index (χ0) is 13.9. The Morgan fingerprint density at radius 3 is 2.60 bits per heavy atom. The van der Waals surface area contributed by atoms with Gasteiger partial charge in [-0.2, -0.15) is 0 Å². The molecule has 3 rings (SSSR count). The predicted molar refractivity (Wildman–Crippen MR) is 75.9 cm³/mol. The van der Waals surface area contributed by atoms with E-state index in [9.17, 15) is 4.39 Å². The Bertz CT molecular complexity index is 660. The van der Waals surface area contributed by atoms with Crippen LogP contribution in [-0.4, -0.2) is 6.04 Å². The summed E-state index contributed by atoms with van der Waals surface area (Å²) in [5, 5.41) is 3.88.